The Morgan fingerprint density at radius 1 is 0.630 bits per heavy atom. The molecule has 0 fully saturated rings. The van der Waals surface area contributed by atoms with Crippen LogP contribution in [0.3, 0.4) is 0 Å². The molecule has 226 valence electrons. The molecule has 0 aliphatic rings. The zero-order chi connectivity index (χ0) is 32.6. The third kappa shape index (κ3) is 5.98. The van der Waals surface area contributed by atoms with Crippen molar-refractivity contribution in [3.05, 3.63) is 165 Å². The fourth-order valence-corrected chi connectivity index (χ4v) is 6.08. The summed E-state index contributed by atoms with van der Waals surface area (Å²) < 4.78 is 0. The maximum Gasteiger partial charge on any atom is 0.0856 e. The summed E-state index contributed by atoms with van der Waals surface area (Å²) in [5.74, 6) is 0. The Kier molecular flexibility index (Phi) is 9.90. The van der Waals surface area contributed by atoms with Gasteiger partial charge in [0.25, 0.3) is 0 Å². The summed E-state index contributed by atoms with van der Waals surface area (Å²) in [4.78, 5) is 6.21. The fourth-order valence-electron chi connectivity index (χ4n) is 6.08. The average molecular weight is 597 g/mol. The molecule has 0 saturated heterocycles. The topological polar surface area (TPSA) is 15.6 Å². The second-order valence-electron chi connectivity index (χ2n) is 10.7. The zero-order valence-corrected chi connectivity index (χ0v) is 26.8. The summed E-state index contributed by atoms with van der Waals surface area (Å²) >= 11 is 0. The van der Waals surface area contributed by atoms with Gasteiger partial charge in [0.2, 0.25) is 0 Å². The molecule has 2 nitrogen and oxygen atoms in total. The Balaban J connectivity index is 0.00000204. The van der Waals surface area contributed by atoms with Crippen LogP contribution in [0.4, 0.5) is 0 Å². The Morgan fingerprint density at radius 3 is 1.91 bits per heavy atom. The first-order chi connectivity index (χ1) is 22.6. The quantitative estimate of drug-likeness (QED) is 0.0872. The van der Waals surface area contributed by atoms with Gasteiger partial charge in [-0.25, -0.2) is 0 Å². The average Bonchev–Trinajstić information content (AvgIpc) is 3.12. The van der Waals surface area contributed by atoms with Crippen LogP contribution in [-0.2, 0) is 0 Å². The lowest BCUT2D eigenvalue weighted by molar-refractivity contribution is 0.569. The van der Waals surface area contributed by atoms with Gasteiger partial charge in [-0.2, -0.15) is 0 Å². The van der Waals surface area contributed by atoms with E-state index in [0.29, 0.717) is 6.54 Å². The first-order valence-corrected chi connectivity index (χ1v) is 15.6. The van der Waals surface area contributed by atoms with E-state index in [2.05, 4.69) is 141 Å². The van der Waals surface area contributed by atoms with Crippen LogP contribution in [0.15, 0.2) is 153 Å². The first kappa shape index (κ1) is 31.7. The number of benzene rings is 6. The molecule has 0 N–H and O–H groups in total. The normalized spacial score (nSPS) is 11.0. The first-order valence-electron chi connectivity index (χ1n) is 15.6. The van der Waals surface area contributed by atoms with Crippen molar-refractivity contribution in [3.63, 3.8) is 0 Å². The Labute approximate surface area is 273 Å². The van der Waals surface area contributed by atoms with Crippen molar-refractivity contribution in [2.45, 2.75) is 13.8 Å². The van der Waals surface area contributed by atoms with Gasteiger partial charge >= 0.3 is 0 Å². The number of hydrogen-bond donors (Lipinski definition) is 0. The highest BCUT2D eigenvalue weighted by Gasteiger charge is 2.16. The molecule has 2 heteroatoms. The third-order valence-corrected chi connectivity index (χ3v) is 8.24. The lowest BCUT2D eigenvalue weighted by Gasteiger charge is -2.18. The van der Waals surface area contributed by atoms with Crippen molar-refractivity contribution in [2.75, 3.05) is 6.54 Å². The van der Waals surface area contributed by atoms with Gasteiger partial charge in [-0.05, 0) is 96.8 Å². The second kappa shape index (κ2) is 14.4. The van der Waals surface area contributed by atoms with Gasteiger partial charge in [0.15, 0.2) is 0 Å². The lowest BCUT2D eigenvalue weighted by atomic mass is 9.85. The summed E-state index contributed by atoms with van der Waals surface area (Å²) in [6.45, 7) is 24.6. The molecule has 0 amide bonds. The molecule has 0 unspecified atom stereocenters. The Morgan fingerprint density at radius 2 is 1.26 bits per heavy atom. The van der Waals surface area contributed by atoms with E-state index in [9.17, 15) is 0 Å². The van der Waals surface area contributed by atoms with E-state index < -0.39 is 0 Å². The smallest absolute Gasteiger partial charge is 0.0856 e. The van der Waals surface area contributed by atoms with Crippen LogP contribution < -0.4 is 0 Å². The summed E-state index contributed by atoms with van der Waals surface area (Å²) in [5.41, 5.74) is 8.50. The predicted octanol–water partition coefficient (Wildman–Crippen LogP) is 12.4. The molecular weight excluding hydrogens is 556 g/mol. The number of hydrogen-bond acceptors (Lipinski definition) is 2. The van der Waals surface area contributed by atoms with Crippen LogP contribution in [0.5, 0.6) is 0 Å². The molecule has 0 aliphatic carbocycles. The minimum absolute atomic E-state index is 0.643. The molecule has 0 aliphatic heterocycles. The van der Waals surface area contributed by atoms with Crippen LogP contribution in [0.1, 0.15) is 30.5 Å². The summed E-state index contributed by atoms with van der Waals surface area (Å²) in [5, 5.41) is 7.17. The van der Waals surface area contributed by atoms with Crippen molar-refractivity contribution in [1.82, 2.24) is 4.90 Å². The van der Waals surface area contributed by atoms with Gasteiger partial charge in [-0.15, -0.1) is 6.58 Å². The summed E-state index contributed by atoms with van der Waals surface area (Å²) in [6.07, 6.45) is 9.44. The zero-order valence-electron chi connectivity index (χ0n) is 26.8. The van der Waals surface area contributed by atoms with Gasteiger partial charge in [0.1, 0.15) is 0 Å². The maximum atomic E-state index is 4.28. The van der Waals surface area contributed by atoms with Crippen molar-refractivity contribution in [1.29, 1.82) is 0 Å². The fraction of sp³-hybridized carbons (Fsp3) is 0.0682. The molecule has 0 heterocycles. The lowest BCUT2D eigenvalue weighted by Crippen LogP contribution is -2.09. The van der Waals surface area contributed by atoms with Crippen molar-refractivity contribution >= 4 is 56.9 Å². The van der Waals surface area contributed by atoms with Gasteiger partial charge in [-0.1, -0.05) is 137 Å². The summed E-state index contributed by atoms with van der Waals surface area (Å²) in [7, 11) is 0. The molecule has 0 spiro atoms. The van der Waals surface area contributed by atoms with Gasteiger partial charge in [0.05, 0.1) is 5.70 Å². The van der Waals surface area contributed by atoms with Crippen molar-refractivity contribution in [3.8, 4) is 22.3 Å². The van der Waals surface area contributed by atoms with E-state index in [1.165, 1.54) is 26.9 Å². The third-order valence-electron chi connectivity index (χ3n) is 8.24. The van der Waals surface area contributed by atoms with E-state index in [-0.39, 0.29) is 0 Å². The molecular formula is C44H40N2. The van der Waals surface area contributed by atoms with E-state index >= 15 is 0 Å². The Hall–Kier alpha value is -5.73. The molecule has 0 bridgehead atoms. The molecule has 0 radical (unpaired) electrons. The summed E-state index contributed by atoms with van der Waals surface area (Å²) in [6, 6.07) is 36.9. The maximum absolute atomic E-state index is 4.28. The van der Waals surface area contributed by atoms with Crippen LogP contribution in [-0.4, -0.2) is 18.2 Å². The van der Waals surface area contributed by atoms with Crippen LogP contribution in [0.25, 0.3) is 72.4 Å². The van der Waals surface area contributed by atoms with E-state index in [0.717, 1.165) is 50.0 Å². The van der Waals surface area contributed by atoms with E-state index in [1.54, 1.807) is 6.20 Å². The number of nitrogens with zero attached hydrogens (tertiary/aromatic N) is 2. The van der Waals surface area contributed by atoms with Crippen LogP contribution >= 0.6 is 0 Å². The number of aliphatic imine (C=N–C) groups is 1. The number of rotatable bonds is 10. The highest BCUT2D eigenvalue weighted by atomic mass is 15.1. The highest BCUT2D eigenvalue weighted by Crippen LogP contribution is 2.42. The van der Waals surface area contributed by atoms with Gasteiger partial charge in [0, 0.05) is 18.3 Å². The molecule has 6 aromatic rings. The van der Waals surface area contributed by atoms with Crippen molar-refractivity contribution in [2.24, 2.45) is 4.99 Å². The molecule has 46 heavy (non-hydrogen) atoms. The predicted molar refractivity (Wildman–Crippen MR) is 206 cm³/mol. The molecule has 6 aromatic carbocycles. The second-order valence-corrected chi connectivity index (χ2v) is 10.7. The SMILES string of the molecule is C=CCN(C=C)/C=C(\N=C)c1ccc(-c2cc3c(C=C)c(C=C)c(-c4ccc5ccccc5c4)cc3c3ccccc23)cc1.CC. The molecule has 0 atom stereocenters. The highest BCUT2D eigenvalue weighted by molar-refractivity contribution is 6.17. The van der Waals surface area contributed by atoms with E-state index in [4.69, 9.17) is 0 Å². The minimum Gasteiger partial charge on any atom is -0.349 e. The van der Waals surface area contributed by atoms with Gasteiger partial charge < -0.3 is 4.90 Å². The molecule has 0 aromatic heterocycles. The molecule has 0 saturated carbocycles. The van der Waals surface area contributed by atoms with Crippen LogP contribution in [0.2, 0.25) is 0 Å². The van der Waals surface area contributed by atoms with Gasteiger partial charge in [-0.3, -0.25) is 4.99 Å². The minimum atomic E-state index is 0.643. The standard InChI is InChI=1S/C42H34N2.C2H6/c1-6-24-44(9-4)28-42(43-5)31-21-19-30(20-22-31)38-26-40-35(8-3)34(7-2)39(27-41(40)37-17-13-12-16-36(37)38)33-23-18-29-14-10-11-15-32(29)25-33;1-2/h6-23,25-28H,1-5,24H2;1-2H3/b42-28-;. The largest absolute Gasteiger partial charge is 0.349 e. The number of fused-ring (bicyclic) bond motifs is 4. The van der Waals surface area contributed by atoms with Crippen molar-refractivity contribution < 1.29 is 0 Å². The van der Waals surface area contributed by atoms with E-state index in [1.807, 2.05) is 43.2 Å². The molecule has 6 rings (SSSR count). The monoisotopic (exact) mass is 596 g/mol. The van der Waals surface area contributed by atoms with Crippen LogP contribution in [0, 0.1) is 0 Å². The Bertz CT molecular complexity index is 2130.